The van der Waals surface area contributed by atoms with Gasteiger partial charge in [-0.3, -0.25) is 14.5 Å². The van der Waals surface area contributed by atoms with Gasteiger partial charge in [-0.25, -0.2) is 9.78 Å². The lowest BCUT2D eigenvalue weighted by atomic mass is 9.92. The minimum Gasteiger partial charge on any atom is -0.325 e. The maximum atomic E-state index is 13.1. The van der Waals surface area contributed by atoms with Crippen molar-refractivity contribution in [2.24, 2.45) is 0 Å². The van der Waals surface area contributed by atoms with Crippen LogP contribution in [0, 0.1) is 6.92 Å². The quantitative estimate of drug-likeness (QED) is 0.305. The van der Waals surface area contributed by atoms with Gasteiger partial charge in [0.15, 0.2) is 0 Å². The monoisotopic (exact) mass is 538 g/mol. The van der Waals surface area contributed by atoms with Crippen molar-refractivity contribution in [1.29, 1.82) is 0 Å². The number of aryl methyl sites for hydroxylation is 1. The van der Waals surface area contributed by atoms with Gasteiger partial charge in [0.1, 0.15) is 17.1 Å². The second kappa shape index (κ2) is 9.20. The van der Waals surface area contributed by atoms with Crippen LogP contribution in [0.5, 0.6) is 0 Å². The van der Waals surface area contributed by atoms with E-state index in [4.69, 9.17) is 23.2 Å². The van der Waals surface area contributed by atoms with Gasteiger partial charge in [0.2, 0.25) is 5.91 Å². The lowest BCUT2D eigenvalue weighted by molar-refractivity contribution is -0.133. The molecule has 4 amide bonds. The minimum absolute atomic E-state index is 0.244. The average Bonchev–Trinajstić information content (AvgIpc) is 3.33. The van der Waals surface area contributed by atoms with Gasteiger partial charge in [0, 0.05) is 26.9 Å². The zero-order valence-electron chi connectivity index (χ0n) is 19.3. The van der Waals surface area contributed by atoms with E-state index in [-0.39, 0.29) is 5.02 Å². The Kier molecular flexibility index (Phi) is 6.20. The van der Waals surface area contributed by atoms with Crippen LogP contribution in [0.2, 0.25) is 10.0 Å². The molecule has 0 radical (unpaired) electrons. The predicted octanol–water partition coefficient (Wildman–Crippen LogP) is 5.98. The van der Waals surface area contributed by atoms with Gasteiger partial charge in [-0.2, -0.15) is 0 Å². The highest BCUT2D eigenvalue weighted by Gasteiger charge is 2.50. The number of urea groups is 1. The number of nitrogens with zero attached hydrogens (tertiary/aromatic N) is 2. The number of aromatic nitrogens is 1. The highest BCUT2D eigenvalue weighted by atomic mass is 35.5. The van der Waals surface area contributed by atoms with E-state index in [2.05, 4.69) is 21.7 Å². The predicted molar refractivity (Wildman–Crippen MR) is 142 cm³/mol. The van der Waals surface area contributed by atoms with E-state index in [1.54, 1.807) is 42.5 Å². The maximum Gasteiger partial charge on any atom is 0.325 e. The molecule has 0 unspecified atom stereocenters. The van der Waals surface area contributed by atoms with Gasteiger partial charge in [0.25, 0.3) is 5.91 Å². The fourth-order valence-corrected chi connectivity index (χ4v) is 5.78. The molecule has 1 aliphatic rings. The van der Waals surface area contributed by atoms with Crippen LogP contribution in [0.3, 0.4) is 0 Å². The Morgan fingerprint density at radius 1 is 1.08 bits per heavy atom. The first-order valence-electron chi connectivity index (χ1n) is 11.0. The largest absolute Gasteiger partial charge is 0.325 e. The summed E-state index contributed by atoms with van der Waals surface area (Å²) in [4.78, 5) is 43.9. The topological polar surface area (TPSA) is 91.4 Å². The van der Waals surface area contributed by atoms with Crippen LogP contribution >= 0.6 is 34.5 Å². The number of fused-ring (bicyclic) bond motifs is 1. The Labute approximate surface area is 221 Å². The molecule has 1 atom stereocenters. The van der Waals surface area contributed by atoms with Crippen molar-refractivity contribution in [3.63, 3.8) is 0 Å². The van der Waals surface area contributed by atoms with E-state index < -0.39 is 29.9 Å². The molecule has 1 aliphatic heterocycles. The van der Waals surface area contributed by atoms with E-state index in [0.717, 1.165) is 25.7 Å². The zero-order valence-corrected chi connectivity index (χ0v) is 21.6. The lowest BCUT2D eigenvalue weighted by Gasteiger charge is -2.23. The van der Waals surface area contributed by atoms with Crippen LogP contribution < -0.4 is 10.6 Å². The first kappa shape index (κ1) is 24.2. The van der Waals surface area contributed by atoms with Crippen molar-refractivity contribution in [1.82, 2.24) is 15.2 Å². The molecule has 4 aromatic rings. The summed E-state index contributed by atoms with van der Waals surface area (Å²) < 4.78 is 1.11. The molecule has 5 rings (SSSR count). The number of rotatable bonds is 5. The molecule has 1 saturated heterocycles. The second-order valence-electron chi connectivity index (χ2n) is 8.69. The number of imide groups is 1. The lowest BCUT2D eigenvalue weighted by Crippen LogP contribution is -2.42. The van der Waals surface area contributed by atoms with Crippen molar-refractivity contribution < 1.29 is 14.4 Å². The smallest absolute Gasteiger partial charge is 0.325 e. The minimum atomic E-state index is -1.41. The van der Waals surface area contributed by atoms with E-state index in [9.17, 15) is 14.4 Å². The van der Waals surface area contributed by atoms with Crippen molar-refractivity contribution >= 4 is 68.3 Å². The van der Waals surface area contributed by atoms with E-state index in [0.29, 0.717) is 16.3 Å². The molecule has 2 heterocycles. The molecule has 10 heteroatoms. The number of nitrogens with one attached hydrogen (secondary N) is 2. The summed E-state index contributed by atoms with van der Waals surface area (Å²) in [5.41, 5.74) is 2.58. The van der Waals surface area contributed by atoms with E-state index in [1.807, 2.05) is 31.2 Å². The summed E-state index contributed by atoms with van der Waals surface area (Å²) in [6.45, 7) is 3.15. The SMILES string of the molecule is Cc1ccc2nc(-c3ccc(NC(=O)CN4C(=O)N[C@@](C)(c5ccc(Cl)cc5Cl)C4=O)cc3)sc2c1. The molecule has 36 heavy (non-hydrogen) atoms. The van der Waals surface area contributed by atoms with Gasteiger partial charge in [0.05, 0.1) is 10.2 Å². The van der Waals surface area contributed by atoms with Gasteiger partial charge in [-0.1, -0.05) is 35.3 Å². The molecule has 0 saturated carbocycles. The Morgan fingerprint density at radius 3 is 2.56 bits per heavy atom. The van der Waals surface area contributed by atoms with Crippen LogP contribution in [-0.4, -0.2) is 34.3 Å². The summed E-state index contributed by atoms with van der Waals surface area (Å²) in [6, 6.07) is 17.4. The van der Waals surface area contributed by atoms with Crippen molar-refractivity contribution in [2.45, 2.75) is 19.4 Å². The van der Waals surface area contributed by atoms with Gasteiger partial charge >= 0.3 is 6.03 Å². The molecular weight excluding hydrogens is 519 g/mol. The van der Waals surface area contributed by atoms with Crippen molar-refractivity contribution in [2.75, 3.05) is 11.9 Å². The number of hydrogen-bond donors (Lipinski definition) is 2. The number of anilines is 1. The summed E-state index contributed by atoms with van der Waals surface area (Å²) in [7, 11) is 0. The van der Waals surface area contributed by atoms with Gasteiger partial charge in [-0.15, -0.1) is 11.3 Å². The first-order chi connectivity index (χ1) is 17.1. The number of carbonyl (C=O) groups excluding carboxylic acids is 3. The number of benzene rings is 3. The standard InChI is InChI=1S/C26H20Cl2N4O3S/c1-14-3-10-20-21(11-14)36-23(30-20)15-4-7-17(8-5-15)29-22(33)13-32-24(34)26(2,31-25(32)35)18-9-6-16(27)12-19(18)28/h3-12H,13H2,1-2H3,(H,29,33)(H,31,35)/t26-/m0/s1. The zero-order chi connectivity index (χ0) is 25.6. The molecule has 3 aromatic carbocycles. The molecule has 1 fully saturated rings. The molecule has 1 aromatic heterocycles. The highest BCUT2D eigenvalue weighted by molar-refractivity contribution is 7.21. The van der Waals surface area contributed by atoms with E-state index in [1.165, 1.54) is 11.6 Å². The van der Waals surface area contributed by atoms with Crippen molar-refractivity contribution in [3.05, 3.63) is 81.8 Å². The molecule has 182 valence electrons. The average molecular weight is 539 g/mol. The van der Waals surface area contributed by atoms with Crippen LogP contribution in [0.25, 0.3) is 20.8 Å². The number of carbonyl (C=O) groups is 3. The first-order valence-corrected chi connectivity index (χ1v) is 12.6. The molecule has 0 spiro atoms. The third-order valence-corrected chi connectivity index (χ3v) is 7.62. The molecule has 2 N–H and O–H groups in total. The molecule has 0 aliphatic carbocycles. The molecule has 0 bridgehead atoms. The number of hydrogen-bond acceptors (Lipinski definition) is 5. The molecular formula is C26H20Cl2N4O3S. The Morgan fingerprint density at radius 2 is 1.83 bits per heavy atom. The normalized spacial score (nSPS) is 17.5. The fraction of sp³-hybridized carbons (Fsp3) is 0.154. The van der Waals surface area contributed by atoms with Gasteiger partial charge in [-0.05, 0) is 67.9 Å². The third kappa shape index (κ3) is 4.43. The van der Waals surface area contributed by atoms with Crippen molar-refractivity contribution in [3.8, 4) is 10.6 Å². The Hall–Kier alpha value is -3.46. The summed E-state index contributed by atoms with van der Waals surface area (Å²) >= 11 is 13.8. The molecule has 7 nitrogen and oxygen atoms in total. The maximum absolute atomic E-state index is 13.1. The van der Waals surface area contributed by atoms with Gasteiger partial charge < -0.3 is 10.6 Å². The Balaban J connectivity index is 1.27. The third-order valence-electron chi connectivity index (χ3n) is 6.01. The second-order valence-corrected chi connectivity index (χ2v) is 10.6. The van der Waals surface area contributed by atoms with Crippen LogP contribution in [-0.2, 0) is 15.1 Å². The number of thiazole rings is 1. The van der Waals surface area contributed by atoms with E-state index >= 15 is 0 Å². The summed E-state index contributed by atoms with van der Waals surface area (Å²) in [6.07, 6.45) is 0. The summed E-state index contributed by atoms with van der Waals surface area (Å²) in [5.74, 6) is -1.08. The summed E-state index contributed by atoms with van der Waals surface area (Å²) in [5, 5.41) is 6.91. The van der Waals surface area contributed by atoms with Crippen LogP contribution in [0.4, 0.5) is 10.5 Å². The van der Waals surface area contributed by atoms with Crippen LogP contribution in [0.15, 0.2) is 60.7 Å². The van der Waals surface area contributed by atoms with Crippen LogP contribution in [0.1, 0.15) is 18.1 Å². The fourth-order valence-electron chi connectivity index (χ4n) is 4.11. The number of amides is 4. The highest BCUT2D eigenvalue weighted by Crippen LogP contribution is 2.35. The number of halogens is 2. The Bertz CT molecular complexity index is 1540.